The number of ether oxygens (including phenoxy) is 3. The molecule has 6 rings (SSSR count). The smallest absolute Gasteiger partial charge is 0.249 e. The number of aromatic nitrogens is 3. The monoisotopic (exact) mass is 569 g/mol. The Bertz CT molecular complexity index is 1550. The molecule has 2 heterocycles. The quantitative estimate of drug-likeness (QED) is 0.308. The van der Waals surface area contributed by atoms with Gasteiger partial charge in [-0.15, -0.1) is 5.10 Å². The van der Waals surface area contributed by atoms with Crippen LogP contribution >= 0.6 is 0 Å². The fraction of sp³-hybridized carbons (Fsp3) is 0.375. The van der Waals surface area contributed by atoms with Crippen LogP contribution in [0.15, 0.2) is 66.7 Å². The lowest BCUT2D eigenvalue weighted by Gasteiger charge is -2.34. The van der Waals surface area contributed by atoms with Gasteiger partial charge in [0.15, 0.2) is 11.5 Å². The van der Waals surface area contributed by atoms with E-state index in [2.05, 4.69) is 15.6 Å². The van der Waals surface area contributed by atoms with E-state index < -0.39 is 6.04 Å². The molecule has 0 bridgehead atoms. The van der Waals surface area contributed by atoms with Crippen LogP contribution in [0.3, 0.4) is 0 Å². The van der Waals surface area contributed by atoms with Crippen molar-refractivity contribution in [2.75, 3.05) is 24.7 Å². The average molecular weight is 570 g/mol. The fourth-order valence-corrected chi connectivity index (χ4v) is 5.72. The standard InChI is InChI=1S/C32H35N5O5/c1-2-40-25-15-12-22(13-16-25)31(32(39)33-23-8-4-3-5-9-23)37(24-14-17-28-29(20-24)42-19-18-41-28)30(38)21-36-27-11-7-6-10-26(27)34-35-36/h6-7,10-17,20,23,31H,2-5,8-9,18-19,21H2,1H3,(H,33,39)/t31-/m0/s1. The molecular formula is C32H35N5O5. The minimum absolute atomic E-state index is 0.0629. The third-order valence-electron chi connectivity index (χ3n) is 7.74. The fourth-order valence-electron chi connectivity index (χ4n) is 5.72. The second-order valence-corrected chi connectivity index (χ2v) is 10.6. The van der Waals surface area contributed by atoms with Gasteiger partial charge in [0, 0.05) is 17.8 Å². The van der Waals surface area contributed by atoms with Crippen molar-refractivity contribution in [3.8, 4) is 17.2 Å². The highest BCUT2D eigenvalue weighted by molar-refractivity contribution is 6.02. The lowest BCUT2D eigenvalue weighted by molar-refractivity contribution is -0.127. The second-order valence-electron chi connectivity index (χ2n) is 10.6. The van der Waals surface area contributed by atoms with E-state index in [0.717, 1.165) is 31.2 Å². The zero-order chi connectivity index (χ0) is 28.9. The molecule has 4 aromatic rings. The van der Waals surface area contributed by atoms with E-state index in [9.17, 15) is 9.59 Å². The number of hydrogen-bond donors (Lipinski definition) is 1. The molecule has 0 radical (unpaired) electrons. The van der Waals surface area contributed by atoms with Crippen LogP contribution in [0.2, 0.25) is 0 Å². The van der Waals surface area contributed by atoms with Gasteiger partial charge in [-0.1, -0.05) is 48.7 Å². The van der Waals surface area contributed by atoms with Crippen molar-refractivity contribution in [1.29, 1.82) is 0 Å². The van der Waals surface area contributed by atoms with Crippen molar-refractivity contribution in [3.63, 3.8) is 0 Å². The van der Waals surface area contributed by atoms with Gasteiger partial charge in [-0.3, -0.25) is 14.5 Å². The lowest BCUT2D eigenvalue weighted by atomic mass is 9.94. The third-order valence-corrected chi connectivity index (χ3v) is 7.74. The number of benzene rings is 3. The van der Waals surface area contributed by atoms with Gasteiger partial charge in [0.25, 0.3) is 0 Å². The number of carbonyl (C=O) groups is 2. The molecule has 42 heavy (non-hydrogen) atoms. The van der Waals surface area contributed by atoms with Crippen LogP contribution in [0.1, 0.15) is 50.6 Å². The molecular weight excluding hydrogens is 534 g/mol. The van der Waals surface area contributed by atoms with E-state index in [-0.39, 0.29) is 24.4 Å². The summed E-state index contributed by atoms with van der Waals surface area (Å²) in [5.74, 6) is 1.27. The third kappa shape index (κ3) is 5.88. The summed E-state index contributed by atoms with van der Waals surface area (Å²) >= 11 is 0. The summed E-state index contributed by atoms with van der Waals surface area (Å²) in [5.41, 5.74) is 2.61. The first kappa shape index (κ1) is 27.6. The first-order valence-corrected chi connectivity index (χ1v) is 14.6. The number of anilines is 1. The summed E-state index contributed by atoms with van der Waals surface area (Å²) in [7, 11) is 0. The maximum absolute atomic E-state index is 14.4. The van der Waals surface area contributed by atoms with Gasteiger partial charge in [0.2, 0.25) is 11.8 Å². The maximum Gasteiger partial charge on any atom is 0.249 e. The van der Waals surface area contributed by atoms with Crippen LogP contribution < -0.4 is 24.4 Å². The van der Waals surface area contributed by atoms with E-state index in [0.29, 0.717) is 53.8 Å². The van der Waals surface area contributed by atoms with Gasteiger partial charge < -0.3 is 19.5 Å². The molecule has 1 aliphatic carbocycles. The Morgan fingerprint density at radius 1 is 1.00 bits per heavy atom. The van der Waals surface area contributed by atoms with Crippen LogP contribution in [-0.4, -0.2) is 52.7 Å². The van der Waals surface area contributed by atoms with Gasteiger partial charge in [0.1, 0.15) is 37.1 Å². The van der Waals surface area contributed by atoms with Gasteiger partial charge >= 0.3 is 0 Å². The van der Waals surface area contributed by atoms with Crippen LogP contribution in [0, 0.1) is 0 Å². The predicted octanol–water partition coefficient (Wildman–Crippen LogP) is 4.82. The first-order chi connectivity index (χ1) is 20.6. The number of nitrogens with zero attached hydrogens (tertiary/aromatic N) is 4. The minimum atomic E-state index is -0.951. The van der Waals surface area contributed by atoms with Crippen molar-refractivity contribution >= 4 is 28.5 Å². The number of para-hydroxylation sites is 1. The molecule has 0 spiro atoms. The molecule has 2 amide bonds. The van der Waals surface area contributed by atoms with Crippen molar-refractivity contribution in [3.05, 3.63) is 72.3 Å². The summed E-state index contributed by atoms with van der Waals surface area (Å²) in [6, 6.07) is 19.3. The lowest BCUT2D eigenvalue weighted by Crippen LogP contribution is -2.48. The van der Waals surface area contributed by atoms with E-state index in [1.165, 1.54) is 6.42 Å². The molecule has 218 valence electrons. The Labute approximate surface area is 244 Å². The van der Waals surface area contributed by atoms with Crippen LogP contribution in [0.25, 0.3) is 11.0 Å². The Kier molecular flexibility index (Phi) is 8.21. The molecule has 10 heteroatoms. The molecule has 1 aromatic heterocycles. The van der Waals surface area contributed by atoms with Crippen molar-refractivity contribution < 1.29 is 23.8 Å². The minimum Gasteiger partial charge on any atom is -0.494 e. The number of fused-ring (bicyclic) bond motifs is 2. The molecule has 3 aromatic carbocycles. The molecule has 1 saturated carbocycles. The maximum atomic E-state index is 14.4. The van der Waals surface area contributed by atoms with E-state index in [4.69, 9.17) is 14.2 Å². The van der Waals surface area contributed by atoms with Crippen molar-refractivity contribution in [2.24, 2.45) is 0 Å². The Morgan fingerprint density at radius 3 is 2.55 bits per heavy atom. The van der Waals surface area contributed by atoms with Gasteiger partial charge in [0.05, 0.1) is 12.1 Å². The van der Waals surface area contributed by atoms with E-state index in [1.807, 2.05) is 55.5 Å². The summed E-state index contributed by atoms with van der Waals surface area (Å²) < 4.78 is 18.8. The normalized spacial score (nSPS) is 15.6. The molecule has 0 saturated heterocycles. The molecule has 1 atom stereocenters. The largest absolute Gasteiger partial charge is 0.494 e. The van der Waals surface area contributed by atoms with Gasteiger partial charge in [-0.2, -0.15) is 0 Å². The Hall–Kier alpha value is -4.60. The number of nitrogens with one attached hydrogen (secondary N) is 1. The number of rotatable bonds is 9. The molecule has 1 fully saturated rings. The average Bonchev–Trinajstić information content (AvgIpc) is 3.43. The molecule has 1 aliphatic heterocycles. The molecule has 1 N–H and O–H groups in total. The highest BCUT2D eigenvalue weighted by Crippen LogP contribution is 2.38. The van der Waals surface area contributed by atoms with Gasteiger partial charge in [-0.25, -0.2) is 4.68 Å². The summed E-state index contributed by atoms with van der Waals surface area (Å²) in [5, 5.41) is 11.7. The first-order valence-electron chi connectivity index (χ1n) is 14.6. The van der Waals surface area contributed by atoms with E-state index in [1.54, 1.807) is 27.8 Å². The topological polar surface area (TPSA) is 108 Å². The van der Waals surface area contributed by atoms with Crippen molar-refractivity contribution in [2.45, 2.75) is 57.7 Å². The highest BCUT2D eigenvalue weighted by Gasteiger charge is 2.35. The summed E-state index contributed by atoms with van der Waals surface area (Å²) in [6.07, 6.45) is 5.16. The molecule has 2 aliphatic rings. The van der Waals surface area contributed by atoms with Gasteiger partial charge in [-0.05, 0) is 61.7 Å². The Morgan fingerprint density at radius 2 is 1.76 bits per heavy atom. The number of carbonyl (C=O) groups excluding carboxylic acids is 2. The zero-order valence-electron chi connectivity index (χ0n) is 23.7. The molecule has 10 nitrogen and oxygen atoms in total. The summed E-state index contributed by atoms with van der Waals surface area (Å²) in [4.78, 5) is 30.1. The molecule has 0 unspecified atom stereocenters. The predicted molar refractivity (Wildman–Crippen MR) is 158 cm³/mol. The van der Waals surface area contributed by atoms with Crippen LogP contribution in [-0.2, 0) is 16.1 Å². The zero-order valence-corrected chi connectivity index (χ0v) is 23.7. The SMILES string of the molecule is CCOc1ccc([C@@H](C(=O)NC2CCCCC2)N(C(=O)Cn2nnc3ccccc32)c2ccc3c(c2)OCCO3)cc1. The van der Waals surface area contributed by atoms with Crippen LogP contribution in [0.5, 0.6) is 17.2 Å². The summed E-state index contributed by atoms with van der Waals surface area (Å²) in [6.45, 7) is 3.19. The number of hydrogen-bond acceptors (Lipinski definition) is 7. The Balaban J connectivity index is 1.42. The number of amides is 2. The second kappa shape index (κ2) is 12.5. The van der Waals surface area contributed by atoms with Crippen molar-refractivity contribution in [1.82, 2.24) is 20.3 Å². The van der Waals surface area contributed by atoms with Crippen LogP contribution in [0.4, 0.5) is 5.69 Å². The highest BCUT2D eigenvalue weighted by atomic mass is 16.6. The van der Waals surface area contributed by atoms with E-state index >= 15 is 0 Å².